The van der Waals surface area contributed by atoms with Gasteiger partial charge in [0.05, 0.1) is 12.3 Å². The zero-order chi connectivity index (χ0) is 12.5. The molecule has 0 fully saturated rings. The molecule has 92 valence electrons. The predicted octanol–water partition coefficient (Wildman–Crippen LogP) is 2.80. The summed E-state index contributed by atoms with van der Waals surface area (Å²) < 4.78 is 7.09. The van der Waals surface area contributed by atoms with E-state index in [0.29, 0.717) is 5.95 Å². The number of hydrogen-bond donors (Lipinski definition) is 1. The van der Waals surface area contributed by atoms with E-state index < -0.39 is 0 Å². The SMILES string of the molecule is Cc1ccn2nc(NC(C)c3ccco3)nc2c1. The Bertz CT molecular complexity index is 657. The van der Waals surface area contributed by atoms with Gasteiger partial charge in [0.25, 0.3) is 0 Å². The van der Waals surface area contributed by atoms with Gasteiger partial charge in [0.1, 0.15) is 5.76 Å². The highest BCUT2D eigenvalue weighted by atomic mass is 16.3. The van der Waals surface area contributed by atoms with Crippen LogP contribution in [0.5, 0.6) is 0 Å². The molecule has 1 N–H and O–H groups in total. The molecule has 3 aromatic rings. The summed E-state index contributed by atoms with van der Waals surface area (Å²) in [7, 11) is 0. The van der Waals surface area contributed by atoms with E-state index in [1.54, 1.807) is 10.8 Å². The summed E-state index contributed by atoms with van der Waals surface area (Å²) in [6.45, 7) is 4.04. The standard InChI is InChI=1S/C13H14N4O/c1-9-5-6-17-12(8-9)15-13(16-17)14-10(2)11-4-3-7-18-11/h3-8,10H,1-2H3,(H,14,16). The maximum absolute atomic E-state index is 5.34. The van der Waals surface area contributed by atoms with Crippen LogP contribution >= 0.6 is 0 Å². The molecule has 0 aromatic carbocycles. The third-order valence-electron chi connectivity index (χ3n) is 2.81. The molecule has 0 spiro atoms. The highest BCUT2D eigenvalue weighted by molar-refractivity contribution is 5.45. The van der Waals surface area contributed by atoms with Crippen LogP contribution in [0.3, 0.4) is 0 Å². The number of rotatable bonds is 3. The average molecular weight is 242 g/mol. The lowest BCUT2D eigenvalue weighted by molar-refractivity contribution is 0.489. The van der Waals surface area contributed by atoms with Crippen LogP contribution in [0.2, 0.25) is 0 Å². The summed E-state index contributed by atoms with van der Waals surface area (Å²) in [6.07, 6.45) is 3.56. The number of nitrogens with one attached hydrogen (secondary N) is 1. The second kappa shape index (κ2) is 4.18. The van der Waals surface area contributed by atoms with Crippen molar-refractivity contribution in [3.05, 3.63) is 48.0 Å². The van der Waals surface area contributed by atoms with Crippen molar-refractivity contribution in [1.82, 2.24) is 14.6 Å². The number of hydrogen-bond acceptors (Lipinski definition) is 4. The Kier molecular flexibility index (Phi) is 2.51. The number of pyridine rings is 1. The van der Waals surface area contributed by atoms with Crippen molar-refractivity contribution in [3.8, 4) is 0 Å². The van der Waals surface area contributed by atoms with Gasteiger partial charge in [-0.1, -0.05) is 0 Å². The van der Waals surface area contributed by atoms with Gasteiger partial charge in [0.2, 0.25) is 5.95 Å². The molecule has 0 aliphatic carbocycles. The molecule has 0 bridgehead atoms. The maximum atomic E-state index is 5.34. The minimum Gasteiger partial charge on any atom is -0.467 e. The Morgan fingerprint density at radius 1 is 1.39 bits per heavy atom. The highest BCUT2D eigenvalue weighted by Gasteiger charge is 2.11. The molecule has 1 unspecified atom stereocenters. The molecule has 3 rings (SSSR count). The Morgan fingerprint density at radius 2 is 2.28 bits per heavy atom. The molecule has 0 aliphatic rings. The van der Waals surface area contributed by atoms with E-state index in [2.05, 4.69) is 15.4 Å². The minimum atomic E-state index is 0.0403. The number of nitrogens with zero attached hydrogens (tertiary/aromatic N) is 3. The average Bonchev–Trinajstić information content (AvgIpc) is 2.95. The van der Waals surface area contributed by atoms with Gasteiger partial charge in [-0.25, -0.2) is 4.52 Å². The van der Waals surface area contributed by atoms with Crippen LogP contribution in [-0.4, -0.2) is 14.6 Å². The summed E-state index contributed by atoms with van der Waals surface area (Å²) in [5.74, 6) is 1.47. The Labute approximate surface area is 104 Å². The molecule has 0 aliphatic heterocycles. The second-order valence-electron chi connectivity index (χ2n) is 4.32. The van der Waals surface area contributed by atoms with Gasteiger partial charge in [0.15, 0.2) is 5.65 Å². The van der Waals surface area contributed by atoms with E-state index >= 15 is 0 Å². The van der Waals surface area contributed by atoms with Crippen LogP contribution in [0.4, 0.5) is 5.95 Å². The smallest absolute Gasteiger partial charge is 0.243 e. The lowest BCUT2D eigenvalue weighted by atomic mass is 10.2. The first-order valence-corrected chi connectivity index (χ1v) is 5.85. The number of aromatic nitrogens is 3. The molecule has 3 aromatic heterocycles. The third kappa shape index (κ3) is 1.95. The first-order chi connectivity index (χ1) is 8.72. The van der Waals surface area contributed by atoms with Gasteiger partial charge in [0, 0.05) is 6.20 Å². The van der Waals surface area contributed by atoms with Gasteiger partial charge >= 0.3 is 0 Å². The van der Waals surface area contributed by atoms with Gasteiger partial charge < -0.3 is 9.73 Å². The molecule has 3 heterocycles. The Morgan fingerprint density at radius 3 is 3.06 bits per heavy atom. The molecule has 0 amide bonds. The minimum absolute atomic E-state index is 0.0403. The van der Waals surface area contributed by atoms with E-state index in [1.165, 1.54) is 5.56 Å². The second-order valence-corrected chi connectivity index (χ2v) is 4.32. The van der Waals surface area contributed by atoms with Crippen LogP contribution < -0.4 is 5.32 Å². The van der Waals surface area contributed by atoms with Crippen LogP contribution in [0.1, 0.15) is 24.3 Å². The fourth-order valence-corrected chi connectivity index (χ4v) is 1.85. The summed E-state index contributed by atoms with van der Waals surface area (Å²) in [6, 6.07) is 7.83. The molecule has 5 heteroatoms. The first-order valence-electron chi connectivity index (χ1n) is 5.85. The summed E-state index contributed by atoms with van der Waals surface area (Å²) in [5, 5.41) is 7.57. The van der Waals surface area contributed by atoms with Crippen molar-refractivity contribution in [2.75, 3.05) is 5.32 Å². The van der Waals surface area contributed by atoms with Gasteiger partial charge in [-0.05, 0) is 43.7 Å². The number of furan rings is 1. The fourth-order valence-electron chi connectivity index (χ4n) is 1.85. The molecular formula is C13H14N4O. The van der Waals surface area contributed by atoms with Gasteiger partial charge in [-0.3, -0.25) is 0 Å². The van der Waals surface area contributed by atoms with Crippen molar-refractivity contribution in [2.45, 2.75) is 19.9 Å². The lowest BCUT2D eigenvalue weighted by Gasteiger charge is -2.08. The predicted molar refractivity (Wildman–Crippen MR) is 68.5 cm³/mol. The molecule has 0 saturated heterocycles. The van der Waals surface area contributed by atoms with Crippen molar-refractivity contribution >= 4 is 11.6 Å². The summed E-state index contributed by atoms with van der Waals surface area (Å²) in [4.78, 5) is 4.42. The van der Waals surface area contributed by atoms with Crippen molar-refractivity contribution in [1.29, 1.82) is 0 Å². The Hall–Kier alpha value is -2.30. The summed E-state index contributed by atoms with van der Waals surface area (Å²) >= 11 is 0. The molecule has 18 heavy (non-hydrogen) atoms. The monoisotopic (exact) mass is 242 g/mol. The zero-order valence-corrected chi connectivity index (χ0v) is 10.3. The van der Waals surface area contributed by atoms with Crippen LogP contribution in [0.25, 0.3) is 5.65 Å². The number of aryl methyl sites for hydroxylation is 1. The van der Waals surface area contributed by atoms with Gasteiger partial charge in [-0.15, -0.1) is 5.10 Å². The highest BCUT2D eigenvalue weighted by Crippen LogP contribution is 2.17. The topological polar surface area (TPSA) is 55.4 Å². The summed E-state index contributed by atoms with van der Waals surface area (Å²) in [5.41, 5.74) is 2.00. The largest absolute Gasteiger partial charge is 0.467 e. The van der Waals surface area contributed by atoms with Crippen molar-refractivity contribution in [3.63, 3.8) is 0 Å². The third-order valence-corrected chi connectivity index (χ3v) is 2.81. The normalized spacial score (nSPS) is 12.8. The van der Waals surface area contributed by atoms with Crippen LogP contribution in [0.15, 0.2) is 41.1 Å². The van der Waals surface area contributed by atoms with E-state index in [1.807, 2.05) is 44.3 Å². The first kappa shape index (κ1) is 10.8. The van der Waals surface area contributed by atoms with Crippen LogP contribution in [-0.2, 0) is 0 Å². The zero-order valence-electron chi connectivity index (χ0n) is 10.3. The quantitative estimate of drug-likeness (QED) is 0.767. The van der Waals surface area contributed by atoms with Gasteiger partial charge in [-0.2, -0.15) is 4.98 Å². The van der Waals surface area contributed by atoms with E-state index in [4.69, 9.17) is 4.42 Å². The van der Waals surface area contributed by atoms with Crippen molar-refractivity contribution < 1.29 is 4.42 Å². The Balaban J connectivity index is 1.86. The van der Waals surface area contributed by atoms with Crippen LogP contribution in [0, 0.1) is 6.92 Å². The molecule has 0 saturated carbocycles. The van der Waals surface area contributed by atoms with E-state index in [-0.39, 0.29) is 6.04 Å². The van der Waals surface area contributed by atoms with E-state index in [0.717, 1.165) is 11.4 Å². The fraction of sp³-hybridized carbons (Fsp3) is 0.231. The van der Waals surface area contributed by atoms with E-state index in [9.17, 15) is 0 Å². The molecule has 1 atom stereocenters. The maximum Gasteiger partial charge on any atom is 0.243 e. The molecule has 5 nitrogen and oxygen atoms in total. The molecule has 0 radical (unpaired) electrons. The lowest BCUT2D eigenvalue weighted by Crippen LogP contribution is -2.06. The number of anilines is 1. The number of fused-ring (bicyclic) bond motifs is 1. The van der Waals surface area contributed by atoms with Crippen molar-refractivity contribution in [2.24, 2.45) is 0 Å². The molecular weight excluding hydrogens is 228 g/mol.